The lowest BCUT2D eigenvalue weighted by Gasteiger charge is -2.35. The highest BCUT2D eigenvalue weighted by atomic mass is 32.1. The van der Waals surface area contributed by atoms with Crippen LogP contribution in [0.25, 0.3) is 0 Å². The van der Waals surface area contributed by atoms with Gasteiger partial charge in [0, 0.05) is 17.0 Å². The summed E-state index contributed by atoms with van der Waals surface area (Å²) in [5.41, 5.74) is 3.84. The molecule has 1 heterocycles. The van der Waals surface area contributed by atoms with Gasteiger partial charge in [0.25, 0.3) is 5.91 Å². The van der Waals surface area contributed by atoms with Crippen LogP contribution in [0.2, 0.25) is 0 Å². The molecule has 2 aliphatic rings. The summed E-state index contributed by atoms with van der Waals surface area (Å²) in [6, 6.07) is 14.7. The van der Waals surface area contributed by atoms with Crippen LogP contribution in [0.1, 0.15) is 46.8 Å². The van der Waals surface area contributed by atoms with Crippen molar-refractivity contribution in [3.05, 3.63) is 65.2 Å². The predicted molar refractivity (Wildman–Crippen MR) is 109 cm³/mol. The lowest BCUT2D eigenvalue weighted by Crippen LogP contribution is -2.41. The van der Waals surface area contributed by atoms with E-state index in [9.17, 15) is 9.59 Å². The van der Waals surface area contributed by atoms with Gasteiger partial charge in [0.15, 0.2) is 0 Å². The minimum absolute atomic E-state index is 0. The van der Waals surface area contributed by atoms with Gasteiger partial charge in [-0.15, -0.1) is 0 Å². The van der Waals surface area contributed by atoms with Crippen molar-refractivity contribution in [1.29, 1.82) is 0 Å². The van der Waals surface area contributed by atoms with Crippen molar-refractivity contribution in [2.75, 3.05) is 6.61 Å². The van der Waals surface area contributed by atoms with Gasteiger partial charge in [-0.1, -0.05) is 42.8 Å². The van der Waals surface area contributed by atoms with Crippen LogP contribution in [0, 0.1) is 5.92 Å². The third-order valence-electron chi connectivity index (χ3n) is 5.47. The van der Waals surface area contributed by atoms with Crippen LogP contribution in [0.15, 0.2) is 48.5 Å². The summed E-state index contributed by atoms with van der Waals surface area (Å²) in [7, 11) is 0. The molecule has 0 saturated heterocycles. The Morgan fingerprint density at radius 1 is 1.11 bits per heavy atom. The van der Waals surface area contributed by atoms with Gasteiger partial charge in [-0.3, -0.25) is 14.8 Å². The van der Waals surface area contributed by atoms with Crippen molar-refractivity contribution >= 4 is 25.3 Å². The zero-order valence-electron chi connectivity index (χ0n) is 15.4. The van der Waals surface area contributed by atoms with E-state index in [1.807, 2.05) is 35.2 Å². The zero-order chi connectivity index (χ0) is 18.8. The monoisotopic (exact) mass is 400 g/mol. The van der Waals surface area contributed by atoms with Crippen LogP contribution in [-0.2, 0) is 11.3 Å². The Hall–Kier alpha value is -2.51. The number of amides is 2. The number of ether oxygens (including phenoxy) is 1. The van der Waals surface area contributed by atoms with Crippen molar-refractivity contribution in [2.24, 2.45) is 5.92 Å². The number of nitrogens with one attached hydrogen (secondary N) is 1. The van der Waals surface area contributed by atoms with Gasteiger partial charge >= 0.3 is 0 Å². The molecule has 0 radical (unpaired) electrons. The van der Waals surface area contributed by atoms with E-state index in [1.54, 1.807) is 23.7 Å². The Labute approximate surface area is 170 Å². The Balaban J connectivity index is 0.00000225. The molecule has 0 bridgehead atoms. The normalized spacial score (nSPS) is 18.6. The molecular weight excluding hydrogens is 376 g/mol. The summed E-state index contributed by atoms with van der Waals surface area (Å²) in [6.45, 7) is 0.755. The minimum atomic E-state index is -0.590. The molecule has 2 N–H and O–H groups in total. The minimum Gasteiger partial charge on any atom is -0.491 e. The van der Waals surface area contributed by atoms with Crippen LogP contribution in [0.5, 0.6) is 5.75 Å². The first-order valence-corrected chi connectivity index (χ1v) is 9.23. The number of benzene rings is 2. The average molecular weight is 401 g/mol. The summed E-state index contributed by atoms with van der Waals surface area (Å²) in [4.78, 5) is 26.7. The van der Waals surface area contributed by atoms with Gasteiger partial charge in [-0.25, -0.2) is 5.48 Å². The number of hydrogen-bond acceptors (Lipinski definition) is 4. The lowest BCUT2D eigenvalue weighted by atomic mass is 9.83. The third-order valence-corrected chi connectivity index (χ3v) is 5.47. The molecule has 28 heavy (non-hydrogen) atoms. The maximum absolute atomic E-state index is 13.1. The van der Waals surface area contributed by atoms with Gasteiger partial charge in [0.1, 0.15) is 12.4 Å². The lowest BCUT2D eigenvalue weighted by molar-refractivity contribution is -0.142. The fraction of sp³-hybridized carbons (Fsp3) is 0.333. The van der Waals surface area contributed by atoms with Gasteiger partial charge in [0.05, 0.1) is 12.6 Å². The topological polar surface area (TPSA) is 78.9 Å². The molecule has 2 amide bonds. The quantitative estimate of drug-likeness (QED) is 0.613. The molecule has 1 fully saturated rings. The molecule has 6 nitrogen and oxygen atoms in total. The highest BCUT2D eigenvalue weighted by Crippen LogP contribution is 2.36. The van der Waals surface area contributed by atoms with Crippen molar-refractivity contribution in [3.63, 3.8) is 0 Å². The second kappa shape index (κ2) is 8.67. The largest absolute Gasteiger partial charge is 0.491 e. The molecular formula is C21H24N2O4S. The second-order valence-electron chi connectivity index (χ2n) is 7.09. The fourth-order valence-corrected chi connectivity index (χ4v) is 3.65. The number of rotatable bonds is 3. The first-order chi connectivity index (χ1) is 13.2. The third kappa shape index (κ3) is 3.86. The van der Waals surface area contributed by atoms with Gasteiger partial charge in [-0.2, -0.15) is 13.5 Å². The van der Waals surface area contributed by atoms with Gasteiger partial charge in [0.2, 0.25) is 5.91 Å². The second-order valence-corrected chi connectivity index (χ2v) is 7.09. The summed E-state index contributed by atoms with van der Waals surface area (Å²) < 4.78 is 6.01. The van der Waals surface area contributed by atoms with Crippen LogP contribution >= 0.6 is 13.5 Å². The van der Waals surface area contributed by atoms with Gasteiger partial charge < -0.3 is 9.64 Å². The smallest absolute Gasteiger partial charge is 0.274 e. The number of fused-ring (bicyclic) bond motifs is 1. The molecule has 0 unspecified atom stereocenters. The highest BCUT2D eigenvalue weighted by Gasteiger charge is 2.36. The zero-order valence-corrected chi connectivity index (χ0v) is 16.4. The first kappa shape index (κ1) is 20.2. The van der Waals surface area contributed by atoms with Crippen LogP contribution in [0.4, 0.5) is 0 Å². The van der Waals surface area contributed by atoms with Crippen LogP contribution < -0.4 is 10.2 Å². The number of hydrogen-bond donors (Lipinski definition) is 2. The number of hydroxylamine groups is 1. The molecule has 1 saturated carbocycles. The Kier molecular flexibility index (Phi) is 6.26. The molecule has 1 atom stereocenters. The Morgan fingerprint density at radius 3 is 2.50 bits per heavy atom. The fourth-order valence-electron chi connectivity index (χ4n) is 3.65. The molecule has 2 aromatic rings. The molecule has 1 aliphatic heterocycles. The molecule has 1 aliphatic carbocycles. The van der Waals surface area contributed by atoms with Crippen molar-refractivity contribution < 1.29 is 19.5 Å². The molecule has 0 spiro atoms. The maximum atomic E-state index is 13.1. The van der Waals surface area contributed by atoms with Crippen molar-refractivity contribution in [1.82, 2.24) is 10.4 Å². The van der Waals surface area contributed by atoms with E-state index < -0.39 is 5.91 Å². The van der Waals surface area contributed by atoms with Crippen LogP contribution in [0.3, 0.4) is 0 Å². The standard InChI is InChI=1S/C21H22N2O4.H2S/c24-20(22-26)16-9-10-17-12-23(21(25)15-7-4-8-15)18(13-27-19(17)11-16)14-5-2-1-3-6-14;/h1-3,5-6,9-11,15,18,26H,4,7-8,12-13H2,(H,22,24);1H2/t18-;/m1./s1. The van der Waals surface area contributed by atoms with E-state index in [0.717, 1.165) is 30.4 Å². The summed E-state index contributed by atoms with van der Waals surface area (Å²) >= 11 is 0. The van der Waals surface area contributed by atoms with Crippen molar-refractivity contribution in [2.45, 2.75) is 31.8 Å². The Bertz CT molecular complexity index is 855. The number of carbonyl (C=O) groups excluding carboxylic acids is 2. The summed E-state index contributed by atoms with van der Waals surface area (Å²) in [6.07, 6.45) is 2.99. The predicted octanol–water partition coefficient (Wildman–Crippen LogP) is 3.18. The van der Waals surface area contributed by atoms with E-state index >= 15 is 0 Å². The number of nitrogens with zero attached hydrogens (tertiary/aromatic N) is 1. The molecule has 4 rings (SSSR count). The highest BCUT2D eigenvalue weighted by molar-refractivity contribution is 7.59. The average Bonchev–Trinajstić information content (AvgIpc) is 2.85. The van der Waals surface area contributed by atoms with E-state index in [4.69, 9.17) is 9.94 Å². The van der Waals surface area contributed by atoms with E-state index in [2.05, 4.69) is 0 Å². The van der Waals surface area contributed by atoms with E-state index in [0.29, 0.717) is 24.5 Å². The van der Waals surface area contributed by atoms with Crippen molar-refractivity contribution in [3.8, 4) is 5.75 Å². The molecule has 2 aromatic carbocycles. The first-order valence-electron chi connectivity index (χ1n) is 9.23. The SMILES string of the molecule is O=C(NO)c1ccc2c(c1)OC[C@H](c1ccccc1)N(C(=O)C1CCC1)C2.S. The molecule has 7 heteroatoms. The molecule has 148 valence electrons. The summed E-state index contributed by atoms with van der Waals surface area (Å²) in [5.74, 6) is 0.245. The maximum Gasteiger partial charge on any atom is 0.274 e. The van der Waals surface area contributed by atoms with E-state index in [1.165, 1.54) is 0 Å². The molecule has 0 aromatic heterocycles. The summed E-state index contributed by atoms with van der Waals surface area (Å²) in [5, 5.41) is 8.85. The Morgan fingerprint density at radius 2 is 1.86 bits per heavy atom. The number of carbonyl (C=O) groups is 2. The van der Waals surface area contributed by atoms with Gasteiger partial charge in [-0.05, 0) is 30.5 Å². The van der Waals surface area contributed by atoms with Crippen LogP contribution in [-0.4, -0.2) is 28.5 Å². The van der Waals surface area contributed by atoms with E-state index in [-0.39, 0.29) is 31.4 Å².